The molecule has 1 rings (SSSR count). The Hall–Kier alpha value is -0.910. The van der Waals surface area contributed by atoms with Crippen molar-refractivity contribution in [2.45, 2.75) is 44.6 Å². The lowest BCUT2D eigenvalue weighted by Crippen LogP contribution is -2.38. The normalized spacial score (nSPS) is 13.7. The highest BCUT2D eigenvalue weighted by molar-refractivity contribution is 7.89. The highest BCUT2D eigenvalue weighted by Gasteiger charge is 2.20. The van der Waals surface area contributed by atoms with Crippen LogP contribution in [-0.4, -0.2) is 26.2 Å². The Bertz CT molecular complexity index is 480. The summed E-state index contributed by atoms with van der Waals surface area (Å²) in [6, 6.07) is 6.39. The van der Waals surface area contributed by atoms with E-state index >= 15 is 0 Å². The van der Waals surface area contributed by atoms with Gasteiger partial charge < -0.3 is 5.11 Å². The predicted octanol–water partition coefficient (Wildman–Crippen LogP) is 1.93. The summed E-state index contributed by atoms with van der Waals surface area (Å²) >= 11 is 0. The molecule has 0 aliphatic rings. The van der Waals surface area contributed by atoms with E-state index < -0.39 is 16.1 Å². The molecule has 5 heteroatoms. The zero-order valence-electron chi connectivity index (χ0n) is 11.8. The lowest BCUT2D eigenvalue weighted by atomic mass is 10.1. The topological polar surface area (TPSA) is 66.4 Å². The molecule has 1 aromatic carbocycles. The van der Waals surface area contributed by atoms with Crippen LogP contribution in [0.5, 0.6) is 0 Å². The average molecular weight is 285 g/mol. The molecule has 0 aromatic heterocycles. The van der Waals surface area contributed by atoms with Gasteiger partial charge in [-0.25, -0.2) is 13.1 Å². The maximum absolute atomic E-state index is 12.2. The van der Waals surface area contributed by atoms with Crippen molar-refractivity contribution in [2.75, 3.05) is 6.61 Å². The zero-order chi connectivity index (χ0) is 14.5. The summed E-state index contributed by atoms with van der Waals surface area (Å²) in [4.78, 5) is 0.243. The summed E-state index contributed by atoms with van der Waals surface area (Å²) in [6.45, 7) is 5.82. The number of benzene rings is 1. The van der Waals surface area contributed by atoms with Gasteiger partial charge in [0.2, 0.25) is 10.0 Å². The number of sulfonamides is 1. The van der Waals surface area contributed by atoms with E-state index in [1.54, 1.807) is 12.1 Å². The number of hydrogen-bond acceptors (Lipinski definition) is 3. The molecule has 0 saturated heterocycles. The summed E-state index contributed by atoms with van der Waals surface area (Å²) in [5.74, 6) is 0.322. The molecule has 0 amide bonds. The van der Waals surface area contributed by atoms with Gasteiger partial charge in [-0.3, -0.25) is 0 Å². The van der Waals surface area contributed by atoms with E-state index in [4.69, 9.17) is 0 Å². The molecule has 0 fully saturated rings. The van der Waals surface area contributed by atoms with Gasteiger partial charge in [-0.05, 0) is 36.5 Å². The molecule has 1 atom stereocenters. The van der Waals surface area contributed by atoms with Gasteiger partial charge in [-0.15, -0.1) is 0 Å². The first-order valence-corrected chi connectivity index (χ1v) is 8.09. The van der Waals surface area contributed by atoms with Crippen molar-refractivity contribution in [3.63, 3.8) is 0 Å². The van der Waals surface area contributed by atoms with E-state index in [9.17, 15) is 13.5 Å². The Labute approximate surface area is 115 Å². The summed E-state index contributed by atoms with van der Waals surface area (Å²) in [5.41, 5.74) is 1.10. The van der Waals surface area contributed by atoms with Crippen molar-refractivity contribution in [1.29, 1.82) is 0 Å². The summed E-state index contributed by atoms with van der Waals surface area (Å²) < 4.78 is 26.9. The van der Waals surface area contributed by atoms with Gasteiger partial charge >= 0.3 is 0 Å². The monoisotopic (exact) mass is 285 g/mol. The standard InChI is InChI=1S/C14H23NO3S/c1-4-12-5-7-14(8-6-12)19(17,18)15-13(10-16)9-11(2)3/h5-8,11,13,15-16H,4,9-10H2,1-3H3. The fourth-order valence-corrected chi connectivity index (χ4v) is 3.16. The highest BCUT2D eigenvalue weighted by atomic mass is 32.2. The molecule has 108 valence electrons. The third kappa shape index (κ3) is 4.93. The second-order valence-electron chi connectivity index (χ2n) is 5.13. The van der Waals surface area contributed by atoms with Crippen LogP contribution in [0, 0.1) is 5.92 Å². The highest BCUT2D eigenvalue weighted by Crippen LogP contribution is 2.13. The van der Waals surface area contributed by atoms with Crippen LogP contribution in [0.2, 0.25) is 0 Å². The largest absolute Gasteiger partial charge is 0.395 e. The SMILES string of the molecule is CCc1ccc(S(=O)(=O)NC(CO)CC(C)C)cc1. The average Bonchev–Trinajstić information content (AvgIpc) is 2.37. The van der Waals surface area contributed by atoms with Gasteiger partial charge in [0.15, 0.2) is 0 Å². The Morgan fingerprint density at radius 2 is 1.79 bits per heavy atom. The number of aliphatic hydroxyl groups is 1. The van der Waals surface area contributed by atoms with E-state index in [-0.39, 0.29) is 11.5 Å². The minimum atomic E-state index is -3.55. The number of nitrogens with one attached hydrogen (secondary N) is 1. The van der Waals surface area contributed by atoms with Crippen LogP contribution in [0.1, 0.15) is 32.8 Å². The molecule has 4 nitrogen and oxygen atoms in total. The second-order valence-corrected chi connectivity index (χ2v) is 6.84. The quantitative estimate of drug-likeness (QED) is 0.804. The van der Waals surface area contributed by atoms with E-state index in [1.165, 1.54) is 0 Å². The first kappa shape index (κ1) is 16.1. The molecule has 0 aliphatic carbocycles. The van der Waals surface area contributed by atoms with Crippen molar-refractivity contribution in [3.8, 4) is 0 Å². The van der Waals surface area contributed by atoms with E-state index in [0.29, 0.717) is 12.3 Å². The van der Waals surface area contributed by atoms with Crippen molar-refractivity contribution in [1.82, 2.24) is 4.72 Å². The van der Waals surface area contributed by atoms with E-state index in [2.05, 4.69) is 4.72 Å². The van der Waals surface area contributed by atoms with Gasteiger partial charge in [0.25, 0.3) is 0 Å². The van der Waals surface area contributed by atoms with Crippen molar-refractivity contribution < 1.29 is 13.5 Å². The molecule has 2 N–H and O–H groups in total. The van der Waals surface area contributed by atoms with E-state index in [1.807, 2.05) is 32.9 Å². The first-order chi connectivity index (χ1) is 8.89. The lowest BCUT2D eigenvalue weighted by molar-refractivity contribution is 0.240. The van der Waals surface area contributed by atoms with Crippen molar-refractivity contribution in [3.05, 3.63) is 29.8 Å². The van der Waals surface area contributed by atoms with Gasteiger partial charge in [-0.2, -0.15) is 0 Å². The molecule has 0 radical (unpaired) electrons. The molecule has 0 bridgehead atoms. The molecule has 1 aromatic rings. The maximum atomic E-state index is 12.2. The molecule has 0 spiro atoms. The maximum Gasteiger partial charge on any atom is 0.240 e. The van der Waals surface area contributed by atoms with Crippen LogP contribution in [0.15, 0.2) is 29.2 Å². The van der Waals surface area contributed by atoms with Crippen LogP contribution in [0.4, 0.5) is 0 Å². The lowest BCUT2D eigenvalue weighted by Gasteiger charge is -2.18. The summed E-state index contributed by atoms with van der Waals surface area (Å²) in [6.07, 6.45) is 1.49. The van der Waals surface area contributed by atoms with Crippen LogP contribution >= 0.6 is 0 Å². The zero-order valence-corrected chi connectivity index (χ0v) is 12.6. The Kier molecular flexibility index (Phi) is 5.97. The molecular formula is C14H23NO3S. The van der Waals surface area contributed by atoms with Crippen LogP contribution in [-0.2, 0) is 16.4 Å². The Morgan fingerprint density at radius 3 is 2.21 bits per heavy atom. The predicted molar refractivity (Wildman–Crippen MR) is 76.5 cm³/mol. The van der Waals surface area contributed by atoms with Crippen LogP contribution < -0.4 is 4.72 Å². The summed E-state index contributed by atoms with van der Waals surface area (Å²) in [5, 5.41) is 9.24. The van der Waals surface area contributed by atoms with Gasteiger partial charge in [-0.1, -0.05) is 32.9 Å². The van der Waals surface area contributed by atoms with Crippen molar-refractivity contribution >= 4 is 10.0 Å². The molecular weight excluding hydrogens is 262 g/mol. The fourth-order valence-electron chi connectivity index (χ4n) is 1.92. The Balaban J connectivity index is 2.84. The first-order valence-electron chi connectivity index (χ1n) is 6.61. The van der Waals surface area contributed by atoms with Gasteiger partial charge in [0.1, 0.15) is 0 Å². The third-order valence-corrected chi connectivity index (χ3v) is 4.48. The fraction of sp³-hybridized carbons (Fsp3) is 0.571. The number of hydrogen-bond donors (Lipinski definition) is 2. The van der Waals surface area contributed by atoms with Crippen LogP contribution in [0.3, 0.4) is 0 Å². The van der Waals surface area contributed by atoms with Gasteiger partial charge in [0.05, 0.1) is 11.5 Å². The molecule has 1 unspecified atom stereocenters. The minimum Gasteiger partial charge on any atom is -0.395 e. The molecule has 0 aliphatic heterocycles. The number of aryl methyl sites for hydroxylation is 1. The second kappa shape index (κ2) is 7.03. The minimum absolute atomic E-state index is 0.190. The number of aliphatic hydroxyl groups excluding tert-OH is 1. The molecule has 0 saturated carbocycles. The summed E-state index contributed by atoms with van der Waals surface area (Å²) in [7, 11) is -3.55. The Morgan fingerprint density at radius 1 is 1.21 bits per heavy atom. The van der Waals surface area contributed by atoms with Gasteiger partial charge in [0, 0.05) is 6.04 Å². The molecule has 0 heterocycles. The van der Waals surface area contributed by atoms with Crippen LogP contribution in [0.25, 0.3) is 0 Å². The number of rotatable bonds is 7. The smallest absolute Gasteiger partial charge is 0.240 e. The molecule has 19 heavy (non-hydrogen) atoms. The third-order valence-electron chi connectivity index (χ3n) is 2.94. The van der Waals surface area contributed by atoms with Crippen molar-refractivity contribution in [2.24, 2.45) is 5.92 Å². The van der Waals surface area contributed by atoms with E-state index in [0.717, 1.165) is 12.0 Å².